The molecule has 0 aliphatic heterocycles. The Morgan fingerprint density at radius 2 is 1.06 bits per heavy atom. The number of rotatable bonds is 7. The summed E-state index contributed by atoms with van der Waals surface area (Å²) < 4.78 is 11.0. The van der Waals surface area contributed by atoms with E-state index in [9.17, 15) is 9.59 Å². The molecule has 0 spiro atoms. The maximum absolute atomic E-state index is 13.0. The van der Waals surface area contributed by atoms with Crippen LogP contribution in [-0.2, 0) is 9.47 Å². The van der Waals surface area contributed by atoms with Gasteiger partial charge in [-0.15, -0.1) is 0 Å². The van der Waals surface area contributed by atoms with Crippen molar-refractivity contribution < 1.29 is 19.1 Å². The zero-order chi connectivity index (χ0) is 23.3. The molecular weight excluding hydrogens is 424 g/mol. The molecule has 168 valence electrons. The zero-order valence-corrected chi connectivity index (χ0v) is 18.7. The van der Waals surface area contributed by atoms with Crippen LogP contribution in [0, 0.1) is 0 Å². The predicted octanol–water partition coefficient (Wildman–Crippen LogP) is 6.94. The second-order valence-electron chi connectivity index (χ2n) is 8.23. The Balaban J connectivity index is 1.16. The summed E-state index contributed by atoms with van der Waals surface area (Å²) in [5, 5.41) is 5.87. The highest BCUT2D eigenvalue weighted by Crippen LogP contribution is 2.29. The number of carbonyl (C=O) groups excluding carboxylic acids is 2. The fourth-order valence-corrected chi connectivity index (χ4v) is 4.24. The number of hydrogen-bond donors (Lipinski definition) is 0. The van der Waals surface area contributed by atoms with Crippen LogP contribution in [-0.4, -0.2) is 25.2 Å². The van der Waals surface area contributed by atoms with Crippen LogP contribution < -0.4 is 0 Å². The molecule has 4 nitrogen and oxygen atoms in total. The molecule has 0 N–H and O–H groups in total. The van der Waals surface area contributed by atoms with Gasteiger partial charge in [0.15, 0.2) is 0 Å². The summed E-state index contributed by atoms with van der Waals surface area (Å²) in [6, 6.07) is 31.2. The number of unbranched alkanes of at least 4 members (excludes halogenated alkanes) is 1. The molecule has 5 aromatic rings. The number of fused-ring (bicyclic) bond motifs is 3. The van der Waals surface area contributed by atoms with Gasteiger partial charge in [-0.1, -0.05) is 78.9 Å². The van der Waals surface area contributed by atoms with Gasteiger partial charge in [-0.05, 0) is 63.4 Å². The molecule has 4 heteroatoms. The Morgan fingerprint density at radius 3 is 1.71 bits per heavy atom. The van der Waals surface area contributed by atoms with E-state index in [0.717, 1.165) is 32.3 Å². The van der Waals surface area contributed by atoms with E-state index in [2.05, 4.69) is 6.07 Å². The molecule has 0 bridgehead atoms. The molecule has 0 radical (unpaired) electrons. The summed E-state index contributed by atoms with van der Waals surface area (Å²) in [5.74, 6) is -0.675. The van der Waals surface area contributed by atoms with E-state index < -0.39 is 0 Å². The van der Waals surface area contributed by atoms with Crippen LogP contribution in [0.3, 0.4) is 0 Å². The van der Waals surface area contributed by atoms with E-state index in [4.69, 9.17) is 9.47 Å². The van der Waals surface area contributed by atoms with Gasteiger partial charge in [-0.2, -0.15) is 0 Å². The summed E-state index contributed by atoms with van der Waals surface area (Å²) >= 11 is 0. The normalized spacial score (nSPS) is 11.1. The molecule has 0 fully saturated rings. The lowest BCUT2D eigenvalue weighted by Gasteiger charge is -2.11. The maximum Gasteiger partial charge on any atom is 0.339 e. The lowest BCUT2D eigenvalue weighted by molar-refractivity contribution is 0.0434. The van der Waals surface area contributed by atoms with Gasteiger partial charge in [-0.3, -0.25) is 0 Å². The summed E-state index contributed by atoms with van der Waals surface area (Å²) in [7, 11) is 0. The first-order chi connectivity index (χ1) is 16.7. The van der Waals surface area contributed by atoms with E-state index in [1.165, 1.54) is 0 Å². The first-order valence-corrected chi connectivity index (χ1v) is 11.4. The van der Waals surface area contributed by atoms with Crippen molar-refractivity contribution in [1.82, 2.24) is 0 Å². The third-order valence-corrected chi connectivity index (χ3v) is 5.97. The van der Waals surface area contributed by atoms with Crippen LogP contribution in [0.5, 0.6) is 0 Å². The van der Waals surface area contributed by atoms with Crippen molar-refractivity contribution in [3.05, 3.63) is 108 Å². The van der Waals surface area contributed by atoms with Gasteiger partial charge in [0.1, 0.15) is 0 Å². The van der Waals surface area contributed by atoms with E-state index in [-0.39, 0.29) is 25.2 Å². The number of esters is 2. The molecule has 0 saturated heterocycles. The Hall–Kier alpha value is -4.18. The summed E-state index contributed by atoms with van der Waals surface area (Å²) in [5.41, 5.74) is 1.13. The molecule has 0 amide bonds. The van der Waals surface area contributed by atoms with Gasteiger partial charge >= 0.3 is 11.9 Å². The van der Waals surface area contributed by atoms with Crippen molar-refractivity contribution in [1.29, 1.82) is 0 Å². The fraction of sp³-hybridized carbons (Fsp3) is 0.133. The van der Waals surface area contributed by atoms with Crippen LogP contribution in [0.4, 0.5) is 0 Å². The van der Waals surface area contributed by atoms with Crippen LogP contribution in [0.1, 0.15) is 33.6 Å². The van der Waals surface area contributed by atoms with Gasteiger partial charge in [0.05, 0.1) is 24.3 Å². The molecule has 0 atom stereocenters. The topological polar surface area (TPSA) is 52.6 Å². The van der Waals surface area contributed by atoms with Crippen LogP contribution in [0.25, 0.3) is 32.3 Å². The van der Waals surface area contributed by atoms with E-state index in [0.29, 0.717) is 24.0 Å². The third kappa shape index (κ3) is 4.48. The number of carbonyl (C=O) groups is 2. The van der Waals surface area contributed by atoms with Crippen molar-refractivity contribution in [2.24, 2.45) is 0 Å². The molecule has 0 heterocycles. The van der Waals surface area contributed by atoms with E-state index in [1.807, 2.05) is 84.9 Å². The molecule has 0 saturated carbocycles. The average Bonchev–Trinajstić information content (AvgIpc) is 2.88. The fourth-order valence-electron chi connectivity index (χ4n) is 4.24. The number of hydrogen-bond acceptors (Lipinski definition) is 4. The van der Waals surface area contributed by atoms with E-state index >= 15 is 0 Å². The third-order valence-electron chi connectivity index (χ3n) is 5.97. The van der Waals surface area contributed by atoms with Gasteiger partial charge in [0.2, 0.25) is 0 Å². The molecule has 0 aliphatic rings. The number of ether oxygens (including phenoxy) is 2. The van der Waals surface area contributed by atoms with Crippen molar-refractivity contribution >= 4 is 44.3 Å². The quantitative estimate of drug-likeness (QED) is 0.154. The molecule has 0 aromatic heterocycles. The average molecular weight is 449 g/mol. The molecule has 0 aliphatic carbocycles. The predicted molar refractivity (Wildman–Crippen MR) is 135 cm³/mol. The van der Waals surface area contributed by atoms with E-state index in [1.54, 1.807) is 6.07 Å². The maximum atomic E-state index is 13.0. The number of benzene rings is 5. The Kier molecular flexibility index (Phi) is 6.21. The summed E-state index contributed by atoms with van der Waals surface area (Å²) in [6.07, 6.45) is 1.22. The smallest absolute Gasteiger partial charge is 0.339 e. The minimum atomic E-state index is -0.343. The van der Waals surface area contributed by atoms with Gasteiger partial charge < -0.3 is 9.47 Å². The van der Waals surface area contributed by atoms with Crippen LogP contribution in [0.15, 0.2) is 97.1 Å². The standard InChI is InChI=1S/C30H24O4/c31-29(25-16-15-21-9-1-2-10-22(21)19-25)33-17-7-8-18-34-30(32)28-26-13-5-3-11-23(26)20-24-12-4-6-14-27(24)28/h1-6,9-16,19-20H,7-8,17-18H2. The van der Waals surface area contributed by atoms with Crippen molar-refractivity contribution in [3.8, 4) is 0 Å². The molecule has 0 unspecified atom stereocenters. The van der Waals surface area contributed by atoms with Gasteiger partial charge in [0, 0.05) is 0 Å². The van der Waals surface area contributed by atoms with Crippen molar-refractivity contribution in [2.75, 3.05) is 13.2 Å². The Morgan fingerprint density at radius 1 is 0.529 bits per heavy atom. The van der Waals surface area contributed by atoms with Gasteiger partial charge in [0.25, 0.3) is 0 Å². The molecule has 5 rings (SSSR count). The highest BCUT2D eigenvalue weighted by Gasteiger charge is 2.16. The van der Waals surface area contributed by atoms with Gasteiger partial charge in [-0.25, -0.2) is 9.59 Å². The molecule has 34 heavy (non-hydrogen) atoms. The first kappa shape index (κ1) is 21.7. The van der Waals surface area contributed by atoms with Crippen LogP contribution in [0.2, 0.25) is 0 Å². The minimum Gasteiger partial charge on any atom is -0.462 e. The summed E-state index contributed by atoms with van der Waals surface area (Å²) in [6.45, 7) is 0.546. The minimum absolute atomic E-state index is 0.268. The molecule has 5 aromatic carbocycles. The Labute approximate surface area is 197 Å². The summed E-state index contributed by atoms with van der Waals surface area (Å²) in [4.78, 5) is 25.4. The van der Waals surface area contributed by atoms with Crippen molar-refractivity contribution in [2.45, 2.75) is 12.8 Å². The largest absolute Gasteiger partial charge is 0.462 e. The SMILES string of the molecule is O=C(OCCCCOC(=O)c1c2ccccc2cc2ccccc12)c1ccc2ccccc2c1. The lowest BCUT2D eigenvalue weighted by atomic mass is 9.97. The lowest BCUT2D eigenvalue weighted by Crippen LogP contribution is -2.10. The highest BCUT2D eigenvalue weighted by atomic mass is 16.5. The first-order valence-electron chi connectivity index (χ1n) is 11.4. The van der Waals surface area contributed by atoms with Crippen molar-refractivity contribution in [3.63, 3.8) is 0 Å². The molecular formula is C30H24O4. The Bertz CT molecular complexity index is 1450. The second kappa shape index (κ2) is 9.75. The second-order valence-corrected chi connectivity index (χ2v) is 8.23. The van der Waals surface area contributed by atoms with Crippen LogP contribution >= 0.6 is 0 Å². The highest BCUT2D eigenvalue weighted by molar-refractivity contribution is 6.16. The zero-order valence-electron chi connectivity index (χ0n) is 18.7. The monoisotopic (exact) mass is 448 g/mol.